The number of carbonyl (C=O) groups is 3. The highest BCUT2D eigenvalue weighted by molar-refractivity contribution is 6.33. The number of aromatic amines is 1. The summed E-state index contributed by atoms with van der Waals surface area (Å²) in [4.78, 5) is 48.3. The van der Waals surface area contributed by atoms with E-state index in [0.717, 1.165) is 22.0 Å². The van der Waals surface area contributed by atoms with Crippen LogP contribution in [0, 0.1) is 0 Å². The van der Waals surface area contributed by atoms with E-state index >= 15 is 0 Å². The van der Waals surface area contributed by atoms with Crippen molar-refractivity contribution in [2.75, 3.05) is 12.0 Å². The highest BCUT2D eigenvalue weighted by Gasteiger charge is 2.33. The van der Waals surface area contributed by atoms with Gasteiger partial charge in [0.1, 0.15) is 23.3 Å². The van der Waals surface area contributed by atoms with Gasteiger partial charge in [-0.05, 0) is 48.0 Å². The van der Waals surface area contributed by atoms with Gasteiger partial charge < -0.3 is 20.1 Å². The lowest BCUT2D eigenvalue weighted by Gasteiger charge is -2.19. The third-order valence-electron chi connectivity index (χ3n) is 7.41. The summed E-state index contributed by atoms with van der Waals surface area (Å²) in [5.74, 6) is -0.955. The van der Waals surface area contributed by atoms with Gasteiger partial charge in [0.2, 0.25) is 0 Å². The number of carbonyl (C=O) groups excluding carboxylic acids is 2. The van der Waals surface area contributed by atoms with Crippen molar-refractivity contribution < 1.29 is 24.2 Å². The number of aliphatic carboxylic acids is 1. The van der Waals surface area contributed by atoms with E-state index < -0.39 is 17.9 Å². The number of aliphatic imine (C=N–C) groups is 1. The van der Waals surface area contributed by atoms with Gasteiger partial charge in [0.25, 0.3) is 11.8 Å². The smallest absolute Gasteiger partial charge is 0.326 e. The quantitative estimate of drug-likeness (QED) is 0.199. The maximum atomic E-state index is 13.7. The molecule has 1 unspecified atom stereocenters. The monoisotopic (exact) mass is 584 g/mol. The molecular formula is C35H28N4O5. The van der Waals surface area contributed by atoms with E-state index in [9.17, 15) is 19.5 Å². The van der Waals surface area contributed by atoms with Crippen LogP contribution in [-0.2, 0) is 16.0 Å². The van der Waals surface area contributed by atoms with E-state index in [2.05, 4.69) is 10.3 Å². The molecule has 0 bridgehead atoms. The molecule has 2 amide bonds. The van der Waals surface area contributed by atoms with Gasteiger partial charge in [-0.15, -0.1) is 0 Å². The first kappa shape index (κ1) is 28.2. The van der Waals surface area contributed by atoms with Crippen molar-refractivity contribution in [1.82, 2.24) is 10.3 Å². The number of hydrogen-bond acceptors (Lipinski definition) is 5. The number of carboxylic acid groups (broad SMARTS) is 1. The first-order valence-electron chi connectivity index (χ1n) is 13.9. The average Bonchev–Trinajstić information content (AvgIpc) is 3.61. The van der Waals surface area contributed by atoms with Crippen molar-refractivity contribution in [3.8, 4) is 5.75 Å². The predicted octanol–water partition coefficient (Wildman–Crippen LogP) is 5.44. The Bertz CT molecular complexity index is 1930. The second-order valence-electron chi connectivity index (χ2n) is 10.2. The number of carboxylic acids is 1. The van der Waals surface area contributed by atoms with Gasteiger partial charge in [-0.25, -0.2) is 9.79 Å². The van der Waals surface area contributed by atoms with Gasteiger partial charge in [0, 0.05) is 40.2 Å². The molecule has 218 valence electrons. The number of nitrogens with zero attached hydrogens (tertiary/aromatic N) is 2. The summed E-state index contributed by atoms with van der Waals surface area (Å²) in [6, 6.07) is 29.6. The molecule has 9 nitrogen and oxygen atoms in total. The number of rotatable bonds is 9. The van der Waals surface area contributed by atoms with Gasteiger partial charge in [-0.1, -0.05) is 66.7 Å². The molecule has 0 spiro atoms. The van der Waals surface area contributed by atoms with E-state index in [1.165, 1.54) is 4.90 Å². The molecule has 0 fully saturated rings. The fourth-order valence-corrected chi connectivity index (χ4v) is 5.19. The van der Waals surface area contributed by atoms with E-state index in [1.54, 1.807) is 43.6 Å². The minimum absolute atomic E-state index is 0.115. The summed E-state index contributed by atoms with van der Waals surface area (Å²) in [5, 5.41) is 13.4. The van der Waals surface area contributed by atoms with Crippen LogP contribution in [0.2, 0.25) is 0 Å². The van der Waals surface area contributed by atoms with Crippen LogP contribution >= 0.6 is 0 Å². The molecule has 0 saturated heterocycles. The summed E-state index contributed by atoms with van der Waals surface area (Å²) in [6.45, 7) is 0. The largest absolute Gasteiger partial charge is 0.496 e. The zero-order chi connectivity index (χ0) is 30.6. The van der Waals surface area contributed by atoms with Crippen LogP contribution in [0.3, 0.4) is 0 Å². The topological polar surface area (TPSA) is 124 Å². The van der Waals surface area contributed by atoms with E-state index in [0.29, 0.717) is 22.8 Å². The van der Waals surface area contributed by atoms with Crippen molar-refractivity contribution >= 4 is 46.3 Å². The highest BCUT2D eigenvalue weighted by Crippen LogP contribution is 2.30. The summed E-state index contributed by atoms with van der Waals surface area (Å²) < 4.78 is 5.45. The molecule has 44 heavy (non-hydrogen) atoms. The second kappa shape index (κ2) is 12.1. The molecule has 6 rings (SSSR count). The number of amidine groups is 1. The minimum atomic E-state index is -1.14. The summed E-state index contributed by atoms with van der Waals surface area (Å²) in [6.07, 6.45) is 3.56. The van der Waals surface area contributed by atoms with E-state index in [4.69, 9.17) is 9.73 Å². The molecule has 0 radical (unpaired) electrons. The summed E-state index contributed by atoms with van der Waals surface area (Å²) in [7, 11) is 1.57. The Balaban J connectivity index is 1.25. The Morgan fingerprint density at radius 1 is 0.955 bits per heavy atom. The average molecular weight is 585 g/mol. The molecule has 1 aliphatic rings. The number of ether oxygens (including phenoxy) is 1. The van der Waals surface area contributed by atoms with Crippen molar-refractivity contribution in [2.45, 2.75) is 12.5 Å². The van der Waals surface area contributed by atoms with Crippen molar-refractivity contribution in [2.24, 2.45) is 4.99 Å². The SMILES string of the molecule is COc1ccccc1/C=C1\N=C(c2ccccc2)N(c2ccc(C(=O)NC(Cc3c[nH]c4ccccc34)C(=O)O)cc2)C1=O. The molecule has 4 aromatic carbocycles. The van der Waals surface area contributed by atoms with Crippen molar-refractivity contribution in [3.05, 3.63) is 137 Å². The number of aromatic nitrogens is 1. The first-order chi connectivity index (χ1) is 21.4. The number of para-hydroxylation sites is 2. The van der Waals surface area contributed by atoms with Crippen LogP contribution in [0.5, 0.6) is 5.75 Å². The standard InChI is InChI=1S/C35H28N4O5/c1-44-31-14-8-5-11-24(31)19-29-34(41)39(32(37-29)22-9-3-2-4-10-22)26-17-15-23(16-18-26)33(40)38-30(35(42)43)20-25-21-36-28-13-7-6-12-27(25)28/h2-19,21,30,36H,20H2,1H3,(H,38,40)(H,42,43)/b29-19-. The lowest BCUT2D eigenvalue weighted by Crippen LogP contribution is -2.42. The zero-order valence-corrected chi connectivity index (χ0v) is 23.7. The molecular weight excluding hydrogens is 556 g/mol. The number of anilines is 1. The molecule has 0 saturated carbocycles. The first-order valence-corrected chi connectivity index (χ1v) is 13.9. The van der Waals surface area contributed by atoms with Gasteiger partial charge in [-0.3, -0.25) is 14.5 Å². The lowest BCUT2D eigenvalue weighted by atomic mass is 10.0. The molecule has 5 aromatic rings. The maximum absolute atomic E-state index is 13.7. The maximum Gasteiger partial charge on any atom is 0.326 e. The number of hydrogen-bond donors (Lipinski definition) is 3. The van der Waals surface area contributed by atoms with Gasteiger partial charge in [0.05, 0.1) is 12.8 Å². The molecule has 3 N–H and O–H groups in total. The fraction of sp³-hybridized carbons (Fsp3) is 0.0857. The third kappa shape index (κ3) is 5.58. The van der Waals surface area contributed by atoms with Crippen LogP contribution in [0.1, 0.15) is 27.0 Å². The number of H-pyrrole nitrogens is 1. The van der Waals surface area contributed by atoms with Crippen molar-refractivity contribution in [3.63, 3.8) is 0 Å². The van der Waals surface area contributed by atoms with Crippen LogP contribution in [0.4, 0.5) is 5.69 Å². The Morgan fingerprint density at radius 3 is 2.41 bits per heavy atom. The highest BCUT2D eigenvalue weighted by atomic mass is 16.5. The number of amides is 2. The number of benzene rings is 4. The van der Waals surface area contributed by atoms with Gasteiger partial charge in [-0.2, -0.15) is 0 Å². The van der Waals surface area contributed by atoms with Crippen LogP contribution in [0.15, 0.2) is 120 Å². The zero-order valence-electron chi connectivity index (χ0n) is 23.7. The Morgan fingerprint density at radius 2 is 1.66 bits per heavy atom. The van der Waals surface area contributed by atoms with E-state index in [-0.39, 0.29) is 23.6 Å². The Hall–Kier alpha value is -5.96. The fourth-order valence-electron chi connectivity index (χ4n) is 5.19. The van der Waals surface area contributed by atoms with Gasteiger partial charge in [0.15, 0.2) is 0 Å². The van der Waals surface area contributed by atoms with Crippen LogP contribution in [0.25, 0.3) is 17.0 Å². The number of methoxy groups -OCH3 is 1. The molecule has 2 heterocycles. The molecule has 1 atom stereocenters. The summed E-state index contributed by atoms with van der Waals surface area (Å²) >= 11 is 0. The Kier molecular flexibility index (Phi) is 7.75. The van der Waals surface area contributed by atoms with Crippen LogP contribution < -0.4 is 15.0 Å². The number of fused-ring (bicyclic) bond motifs is 1. The van der Waals surface area contributed by atoms with Crippen LogP contribution in [-0.4, -0.2) is 46.9 Å². The lowest BCUT2D eigenvalue weighted by molar-refractivity contribution is -0.139. The van der Waals surface area contributed by atoms with E-state index in [1.807, 2.05) is 78.9 Å². The van der Waals surface area contributed by atoms with Crippen molar-refractivity contribution in [1.29, 1.82) is 0 Å². The molecule has 0 aliphatic carbocycles. The Labute approximate surface area is 253 Å². The summed E-state index contributed by atoms with van der Waals surface area (Å²) in [5.41, 5.74) is 4.14. The van der Waals surface area contributed by atoms with Gasteiger partial charge >= 0.3 is 5.97 Å². The molecule has 1 aromatic heterocycles. The predicted molar refractivity (Wildman–Crippen MR) is 169 cm³/mol. The second-order valence-corrected chi connectivity index (χ2v) is 10.2. The number of nitrogens with one attached hydrogen (secondary N) is 2. The molecule has 1 aliphatic heterocycles. The molecule has 9 heteroatoms. The normalized spacial score (nSPS) is 14.5. The third-order valence-corrected chi connectivity index (χ3v) is 7.41. The minimum Gasteiger partial charge on any atom is -0.496 e.